The van der Waals surface area contributed by atoms with Gasteiger partial charge in [0.2, 0.25) is 5.91 Å². The fraction of sp³-hybridized carbons (Fsp3) is 0.619. The van der Waals surface area contributed by atoms with Gasteiger partial charge in [-0.3, -0.25) is 14.5 Å². The van der Waals surface area contributed by atoms with Crippen molar-refractivity contribution in [1.29, 1.82) is 0 Å². The number of hydrogen-bond acceptors (Lipinski definition) is 5. The molecule has 1 spiro atoms. The number of carbonyl (C=O) groups excluding carboxylic acids is 1. The first-order valence-corrected chi connectivity index (χ1v) is 10.0. The molecule has 5 rings (SSSR count). The molecule has 1 aromatic carbocycles. The summed E-state index contributed by atoms with van der Waals surface area (Å²) in [7, 11) is 0. The van der Waals surface area contributed by atoms with Gasteiger partial charge in [-0.15, -0.1) is 0 Å². The Morgan fingerprint density at radius 1 is 1.32 bits per heavy atom. The van der Waals surface area contributed by atoms with Crippen LogP contribution in [0.3, 0.4) is 0 Å². The SMILES string of the molecule is O=C(CN1CCc2ccccc2C1)N1C[C@H]2[C@@H](CO)[C@@H]3CC[C@@]2(C1)O3.O=CO. The number of likely N-dealkylation sites (tertiary alicyclic amines) is 1. The van der Waals surface area contributed by atoms with E-state index in [4.69, 9.17) is 14.6 Å². The van der Waals surface area contributed by atoms with Gasteiger partial charge in [0, 0.05) is 38.1 Å². The zero-order valence-electron chi connectivity index (χ0n) is 16.0. The molecule has 0 aromatic heterocycles. The van der Waals surface area contributed by atoms with Crippen LogP contribution in [0.2, 0.25) is 0 Å². The molecule has 28 heavy (non-hydrogen) atoms. The molecule has 4 heterocycles. The van der Waals surface area contributed by atoms with Gasteiger partial charge in [0.05, 0.1) is 24.8 Å². The van der Waals surface area contributed by atoms with Crippen LogP contribution >= 0.6 is 0 Å². The summed E-state index contributed by atoms with van der Waals surface area (Å²) in [6, 6.07) is 8.53. The third-order valence-corrected chi connectivity index (χ3v) is 6.92. The van der Waals surface area contributed by atoms with Crippen molar-refractivity contribution in [2.24, 2.45) is 11.8 Å². The van der Waals surface area contributed by atoms with Crippen molar-refractivity contribution in [3.8, 4) is 0 Å². The van der Waals surface area contributed by atoms with E-state index in [0.717, 1.165) is 38.9 Å². The molecule has 2 bridgehead atoms. The van der Waals surface area contributed by atoms with E-state index in [1.165, 1.54) is 11.1 Å². The molecule has 4 aliphatic rings. The van der Waals surface area contributed by atoms with Crippen molar-refractivity contribution in [2.45, 2.75) is 37.5 Å². The molecule has 1 aromatic rings. The number of carboxylic acid groups (broad SMARTS) is 1. The van der Waals surface area contributed by atoms with Gasteiger partial charge in [0.25, 0.3) is 6.47 Å². The first-order chi connectivity index (χ1) is 13.6. The maximum atomic E-state index is 12.9. The van der Waals surface area contributed by atoms with E-state index in [1.807, 2.05) is 4.90 Å². The fourth-order valence-electron chi connectivity index (χ4n) is 5.61. The van der Waals surface area contributed by atoms with Crippen LogP contribution in [0.25, 0.3) is 0 Å². The Hall–Kier alpha value is -1.96. The zero-order chi connectivity index (χ0) is 19.7. The van der Waals surface area contributed by atoms with Crippen LogP contribution in [0.4, 0.5) is 0 Å². The maximum absolute atomic E-state index is 12.9. The highest BCUT2D eigenvalue weighted by Crippen LogP contribution is 2.54. The third-order valence-electron chi connectivity index (χ3n) is 6.92. The van der Waals surface area contributed by atoms with Gasteiger partial charge in [-0.25, -0.2) is 0 Å². The van der Waals surface area contributed by atoms with Crippen LogP contribution in [-0.2, 0) is 27.3 Å². The summed E-state index contributed by atoms with van der Waals surface area (Å²) >= 11 is 0. The average Bonchev–Trinajstić information content (AvgIpc) is 3.36. The second-order valence-corrected chi connectivity index (χ2v) is 8.32. The molecular weight excluding hydrogens is 360 g/mol. The zero-order valence-corrected chi connectivity index (χ0v) is 16.0. The van der Waals surface area contributed by atoms with Crippen molar-refractivity contribution in [2.75, 3.05) is 32.8 Å². The first-order valence-electron chi connectivity index (χ1n) is 10.0. The van der Waals surface area contributed by atoms with E-state index < -0.39 is 0 Å². The van der Waals surface area contributed by atoms with Crippen LogP contribution in [0.15, 0.2) is 24.3 Å². The number of amides is 1. The van der Waals surface area contributed by atoms with Gasteiger partial charge in [-0.2, -0.15) is 0 Å². The standard InChI is InChI=1S/C20H26N2O3.CH2O2/c23-12-16-17-10-22(13-20(17)7-5-18(16)25-20)19(24)11-21-8-6-14-3-1-2-4-15(14)9-21;2-1-3/h1-4,16-18,23H,5-13H2;1H,(H,2,3)/t16-,17+,18+,20+;/m1./s1. The minimum Gasteiger partial charge on any atom is -0.483 e. The molecule has 0 unspecified atom stereocenters. The lowest BCUT2D eigenvalue weighted by atomic mass is 9.74. The molecule has 1 amide bonds. The quantitative estimate of drug-likeness (QED) is 0.743. The molecule has 152 valence electrons. The van der Waals surface area contributed by atoms with Crippen molar-refractivity contribution in [3.05, 3.63) is 35.4 Å². The monoisotopic (exact) mass is 388 g/mol. The Morgan fingerprint density at radius 3 is 2.82 bits per heavy atom. The lowest BCUT2D eigenvalue weighted by Gasteiger charge is -2.30. The number of hydrogen-bond donors (Lipinski definition) is 2. The number of benzene rings is 1. The molecule has 3 saturated heterocycles. The summed E-state index contributed by atoms with van der Waals surface area (Å²) in [4.78, 5) is 25.5. The van der Waals surface area contributed by atoms with Gasteiger partial charge in [-0.05, 0) is 30.4 Å². The largest absolute Gasteiger partial charge is 0.483 e. The number of fused-ring (bicyclic) bond motifs is 2. The van der Waals surface area contributed by atoms with Gasteiger partial charge in [0.15, 0.2) is 0 Å². The van der Waals surface area contributed by atoms with E-state index in [1.54, 1.807) is 0 Å². The van der Waals surface area contributed by atoms with Crippen molar-refractivity contribution < 1.29 is 24.5 Å². The second-order valence-electron chi connectivity index (χ2n) is 8.32. The number of aliphatic hydroxyl groups is 1. The highest BCUT2D eigenvalue weighted by atomic mass is 16.5. The first kappa shape index (κ1) is 19.4. The van der Waals surface area contributed by atoms with Gasteiger partial charge in [-0.1, -0.05) is 24.3 Å². The van der Waals surface area contributed by atoms with Gasteiger partial charge >= 0.3 is 0 Å². The van der Waals surface area contributed by atoms with Crippen LogP contribution in [0.1, 0.15) is 24.0 Å². The number of rotatable bonds is 3. The minimum absolute atomic E-state index is 0.164. The molecule has 0 saturated carbocycles. The summed E-state index contributed by atoms with van der Waals surface area (Å²) in [6.07, 6.45) is 3.31. The predicted molar refractivity (Wildman–Crippen MR) is 102 cm³/mol. The van der Waals surface area contributed by atoms with E-state index in [9.17, 15) is 9.90 Å². The molecular formula is C21H28N2O5. The average molecular weight is 388 g/mol. The molecule has 4 atom stereocenters. The van der Waals surface area contributed by atoms with Crippen LogP contribution < -0.4 is 0 Å². The summed E-state index contributed by atoms with van der Waals surface area (Å²) < 4.78 is 6.24. The van der Waals surface area contributed by atoms with Crippen molar-refractivity contribution >= 4 is 12.4 Å². The lowest BCUT2D eigenvalue weighted by Crippen LogP contribution is -2.43. The van der Waals surface area contributed by atoms with Gasteiger partial charge in [0.1, 0.15) is 0 Å². The number of ether oxygens (including phenoxy) is 1. The summed E-state index contributed by atoms with van der Waals surface area (Å²) in [6.45, 7) is 3.70. The predicted octanol–water partition coefficient (Wildman–Crippen LogP) is 0.744. The van der Waals surface area contributed by atoms with Gasteiger partial charge < -0.3 is 19.8 Å². The molecule has 7 nitrogen and oxygen atoms in total. The Labute approximate surface area is 164 Å². The summed E-state index contributed by atoms with van der Waals surface area (Å²) in [5.41, 5.74) is 2.60. The highest BCUT2D eigenvalue weighted by molar-refractivity contribution is 5.79. The molecule has 7 heteroatoms. The number of aliphatic hydroxyl groups excluding tert-OH is 1. The molecule has 2 N–H and O–H groups in total. The van der Waals surface area contributed by atoms with E-state index in [0.29, 0.717) is 19.0 Å². The molecule has 0 aliphatic carbocycles. The Morgan fingerprint density at radius 2 is 2.07 bits per heavy atom. The smallest absolute Gasteiger partial charge is 0.290 e. The maximum Gasteiger partial charge on any atom is 0.290 e. The number of carbonyl (C=O) groups is 2. The summed E-state index contributed by atoms with van der Waals surface area (Å²) in [5, 5.41) is 16.6. The van der Waals surface area contributed by atoms with E-state index >= 15 is 0 Å². The topological polar surface area (TPSA) is 90.3 Å². The fourth-order valence-corrected chi connectivity index (χ4v) is 5.61. The van der Waals surface area contributed by atoms with Crippen molar-refractivity contribution in [1.82, 2.24) is 9.80 Å². The third kappa shape index (κ3) is 3.32. The van der Waals surface area contributed by atoms with Crippen LogP contribution in [0, 0.1) is 11.8 Å². The van der Waals surface area contributed by atoms with Crippen molar-refractivity contribution in [3.63, 3.8) is 0 Å². The van der Waals surface area contributed by atoms with Crippen LogP contribution in [0.5, 0.6) is 0 Å². The highest BCUT2D eigenvalue weighted by Gasteiger charge is 2.63. The Bertz CT molecular complexity index is 741. The normalized spacial score (nSPS) is 33.0. The molecule has 3 fully saturated rings. The van der Waals surface area contributed by atoms with E-state index in [2.05, 4.69) is 29.2 Å². The van der Waals surface area contributed by atoms with Crippen LogP contribution in [-0.4, -0.2) is 76.9 Å². The second kappa shape index (κ2) is 7.81. The Kier molecular flexibility index (Phi) is 5.40. The van der Waals surface area contributed by atoms with E-state index in [-0.39, 0.29) is 36.6 Å². The lowest BCUT2D eigenvalue weighted by molar-refractivity contribution is -0.133. The molecule has 0 radical (unpaired) electrons. The molecule has 4 aliphatic heterocycles. The Balaban J connectivity index is 0.000000604. The summed E-state index contributed by atoms with van der Waals surface area (Å²) in [5.74, 6) is 0.752. The minimum atomic E-state index is -0.250. The number of nitrogens with zero attached hydrogens (tertiary/aromatic N) is 2.